The highest BCUT2D eigenvalue weighted by atomic mass is 15.1. The fourth-order valence-corrected chi connectivity index (χ4v) is 17.5. The molecule has 0 bridgehead atoms. The third-order valence-electron chi connectivity index (χ3n) is 22.3. The van der Waals surface area contributed by atoms with Crippen molar-refractivity contribution in [1.29, 1.82) is 0 Å². The first-order chi connectivity index (χ1) is 52.6. The van der Waals surface area contributed by atoms with Crippen LogP contribution in [0.2, 0.25) is 0 Å². The maximum atomic E-state index is 5.87. The average Bonchev–Trinajstić information content (AvgIpc) is 1.56. The zero-order valence-electron chi connectivity index (χ0n) is 57.1. The average molecular weight is 1350 g/mol. The zero-order valence-corrected chi connectivity index (χ0v) is 57.1. The molecular weight excluding hydrogens is 1290 g/mol. The highest BCUT2D eigenvalue weighted by molar-refractivity contribution is 6.24. The van der Waals surface area contributed by atoms with Crippen molar-refractivity contribution in [3.8, 4) is 67.8 Å². The van der Waals surface area contributed by atoms with Gasteiger partial charge in [-0.3, -0.25) is 9.13 Å². The van der Waals surface area contributed by atoms with Gasteiger partial charge < -0.3 is 9.13 Å². The summed E-state index contributed by atoms with van der Waals surface area (Å²) < 4.78 is 9.58. The second-order valence-electron chi connectivity index (χ2n) is 28.0. The summed E-state index contributed by atoms with van der Waals surface area (Å²) in [5.74, 6) is 1.54. The molecule has 0 unspecified atom stereocenters. The van der Waals surface area contributed by atoms with Crippen molar-refractivity contribution in [2.45, 2.75) is 0 Å². The van der Waals surface area contributed by atoms with Crippen LogP contribution in [-0.2, 0) is 0 Å². The molecule has 6 aromatic heterocycles. The van der Waals surface area contributed by atoms with E-state index in [9.17, 15) is 0 Å². The molecule has 23 rings (SSSR count). The smallest absolute Gasteiger partial charge is 0.165 e. The van der Waals surface area contributed by atoms with Gasteiger partial charge >= 0.3 is 0 Å². The minimum atomic E-state index is 0.765. The fourth-order valence-electron chi connectivity index (χ4n) is 17.5. The van der Waals surface area contributed by atoms with Gasteiger partial charge in [0.25, 0.3) is 0 Å². The van der Waals surface area contributed by atoms with Gasteiger partial charge in [-0.2, -0.15) is 0 Å². The molecule has 23 aromatic rings. The van der Waals surface area contributed by atoms with E-state index in [4.69, 9.17) is 19.9 Å². The van der Waals surface area contributed by atoms with Gasteiger partial charge in [0.05, 0.1) is 66.2 Å². The van der Waals surface area contributed by atoms with E-state index >= 15 is 0 Å². The van der Waals surface area contributed by atoms with Crippen LogP contribution in [0.25, 0.3) is 220 Å². The molecule has 490 valence electrons. The van der Waals surface area contributed by atoms with Crippen molar-refractivity contribution in [1.82, 2.24) is 38.2 Å². The first-order valence-electron chi connectivity index (χ1n) is 36.2. The van der Waals surface area contributed by atoms with E-state index in [0.717, 1.165) is 150 Å². The molecule has 17 aromatic carbocycles. The largest absolute Gasteiger partial charge is 0.309 e. The number of nitrogens with zero attached hydrogens (tertiary/aromatic N) is 8. The van der Waals surface area contributed by atoms with E-state index < -0.39 is 0 Å². The Labute approximate surface area is 606 Å². The summed E-state index contributed by atoms with van der Waals surface area (Å²) in [6, 6.07) is 128. The van der Waals surface area contributed by atoms with Crippen molar-refractivity contribution in [2.75, 3.05) is 0 Å². The standard InChI is InChI=1S/C98H58N8/c1-2-20-59(21-3-1)69-25-10-11-32-76(69)96-98(101-82-34-16-15-33-81(82)99-96)106-90-53-47-68(58-80(90)94-72-28-9-6-24-62(72)44-51-92(94)106)104-87-37-19-14-31-75(87)78-54-64(45-49-88(78)104)65-42-48-83-84(56-65)100-95(66-41-40-63-39-38-60-22-4-7-26-70(60)77(63)55-66)97(102-83)105-89-52-46-67(57-79(89)93-71-27-8-5-23-61(71)43-50-91(93)105)103-85-35-17-12-29-73(85)74-30-13-18-36-86(74)103/h1-58H. The fraction of sp³-hybridized carbons (Fsp3) is 0. The maximum Gasteiger partial charge on any atom is 0.165 e. The van der Waals surface area contributed by atoms with E-state index in [-0.39, 0.29) is 0 Å². The summed E-state index contributed by atoms with van der Waals surface area (Å²) in [6.07, 6.45) is 0. The summed E-state index contributed by atoms with van der Waals surface area (Å²) in [7, 11) is 0. The number of hydrogen-bond acceptors (Lipinski definition) is 4. The molecule has 8 heteroatoms. The Hall–Kier alpha value is -14.3. The molecule has 0 saturated heterocycles. The molecule has 0 amide bonds. The molecule has 0 spiro atoms. The van der Waals surface area contributed by atoms with Gasteiger partial charge in [0.15, 0.2) is 11.6 Å². The molecule has 106 heavy (non-hydrogen) atoms. The summed E-state index contributed by atoms with van der Waals surface area (Å²) in [6.45, 7) is 0. The predicted octanol–water partition coefficient (Wildman–Crippen LogP) is 25.2. The van der Waals surface area contributed by atoms with Gasteiger partial charge in [-0.1, -0.05) is 243 Å². The van der Waals surface area contributed by atoms with Crippen LogP contribution in [0.4, 0.5) is 0 Å². The minimum Gasteiger partial charge on any atom is -0.309 e. The lowest BCUT2D eigenvalue weighted by molar-refractivity contribution is 1.08. The maximum absolute atomic E-state index is 5.87. The Bertz CT molecular complexity index is 7670. The Kier molecular flexibility index (Phi) is 12.4. The van der Waals surface area contributed by atoms with E-state index in [1.807, 2.05) is 12.1 Å². The van der Waals surface area contributed by atoms with Crippen molar-refractivity contribution in [3.63, 3.8) is 0 Å². The van der Waals surface area contributed by atoms with Crippen molar-refractivity contribution >= 4 is 152 Å². The van der Waals surface area contributed by atoms with Crippen LogP contribution in [0.5, 0.6) is 0 Å². The zero-order chi connectivity index (χ0) is 69.2. The van der Waals surface area contributed by atoms with Crippen LogP contribution in [0, 0.1) is 0 Å². The highest BCUT2D eigenvalue weighted by Gasteiger charge is 2.27. The lowest BCUT2D eigenvalue weighted by atomic mass is 9.97. The summed E-state index contributed by atoms with van der Waals surface area (Å²) >= 11 is 0. The Morgan fingerprint density at radius 3 is 1.19 bits per heavy atom. The van der Waals surface area contributed by atoms with Crippen LogP contribution in [0.15, 0.2) is 352 Å². The van der Waals surface area contributed by atoms with Crippen LogP contribution in [0.3, 0.4) is 0 Å². The van der Waals surface area contributed by atoms with Crippen LogP contribution < -0.4 is 0 Å². The van der Waals surface area contributed by atoms with E-state index in [1.165, 1.54) is 70.3 Å². The SMILES string of the molecule is c1ccc(-c2ccccc2-c2nc3ccccc3nc2-n2c3ccc(-n4c5ccccc5c5cc(-c6ccc7nc(-n8c9ccc(-n%10c%11ccccc%11c%11ccccc%11%10)cc9c9c%10ccccc%10ccc98)c(-c8ccc9ccc%10ccccc%10c9c8)nc7c6)ccc54)cc3c3c4ccccc4ccc32)cc1. The molecule has 6 heterocycles. The summed E-state index contributed by atoms with van der Waals surface area (Å²) in [4.78, 5) is 22.8. The third-order valence-corrected chi connectivity index (χ3v) is 22.3. The van der Waals surface area contributed by atoms with Gasteiger partial charge in [0.1, 0.15) is 11.4 Å². The molecule has 0 atom stereocenters. The number of benzene rings is 17. The van der Waals surface area contributed by atoms with Gasteiger partial charge in [-0.05, 0) is 175 Å². The van der Waals surface area contributed by atoms with Gasteiger partial charge in [0, 0.05) is 65.6 Å². The normalized spacial score (nSPS) is 12.2. The number of para-hydroxylation sites is 5. The minimum absolute atomic E-state index is 0.765. The molecule has 0 fully saturated rings. The second kappa shape index (κ2) is 22.6. The molecule has 0 aliphatic rings. The van der Waals surface area contributed by atoms with Crippen molar-refractivity contribution in [2.24, 2.45) is 0 Å². The van der Waals surface area contributed by atoms with Crippen molar-refractivity contribution < 1.29 is 0 Å². The molecule has 8 nitrogen and oxygen atoms in total. The molecule has 0 radical (unpaired) electrons. The molecule has 0 aliphatic heterocycles. The van der Waals surface area contributed by atoms with Crippen molar-refractivity contribution in [3.05, 3.63) is 352 Å². The Balaban J connectivity index is 0.707. The lowest BCUT2D eigenvalue weighted by Crippen LogP contribution is -2.04. The van der Waals surface area contributed by atoms with Gasteiger partial charge in [0.2, 0.25) is 0 Å². The molecule has 0 saturated carbocycles. The van der Waals surface area contributed by atoms with Crippen LogP contribution in [-0.4, -0.2) is 38.2 Å². The van der Waals surface area contributed by atoms with E-state index in [1.54, 1.807) is 0 Å². The monoisotopic (exact) mass is 1350 g/mol. The third kappa shape index (κ3) is 8.64. The predicted molar refractivity (Wildman–Crippen MR) is 442 cm³/mol. The van der Waals surface area contributed by atoms with E-state index in [2.05, 4.69) is 358 Å². The topological polar surface area (TPSA) is 71.3 Å². The lowest BCUT2D eigenvalue weighted by Gasteiger charge is -2.16. The summed E-state index contributed by atoms with van der Waals surface area (Å²) in [5, 5.41) is 18.8. The van der Waals surface area contributed by atoms with Crippen LogP contribution >= 0.6 is 0 Å². The quantitative estimate of drug-likeness (QED) is 0.142. The number of rotatable bonds is 8. The number of fused-ring (bicyclic) bond motifs is 21. The first-order valence-corrected chi connectivity index (χ1v) is 36.2. The van der Waals surface area contributed by atoms with E-state index in [0.29, 0.717) is 0 Å². The second-order valence-corrected chi connectivity index (χ2v) is 28.0. The first kappa shape index (κ1) is 58.3. The van der Waals surface area contributed by atoms with Gasteiger partial charge in [-0.25, -0.2) is 19.9 Å². The highest BCUT2D eigenvalue weighted by Crippen LogP contribution is 2.46. The Morgan fingerprint density at radius 2 is 0.566 bits per heavy atom. The van der Waals surface area contributed by atoms with Crippen LogP contribution in [0.1, 0.15) is 0 Å². The summed E-state index contributed by atoms with van der Waals surface area (Å²) in [5.41, 5.74) is 22.2. The molecular formula is C98H58N8. The number of aromatic nitrogens is 8. The molecule has 0 aliphatic carbocycles. The number of hydrogen-bond donors (Lipinski definition) is 0. The van der Waals surface area contributed by atoms with Gasteiger partial charge in [-0.15, -0.1) is 0 Å². The Morgan fingerprint density at radius 1 is 0.179 bits per heavy atom. The molecule has 0 N–H and O–H groups in total.